The Balaban J connectivity index is 1.92. The molecule has 4 nitrogen and oxygen atoms in total. The number of hydrogen-bond acceptors (Lipinski definition) is 3. The van der Waals surface area contributed by atoms with Crippen molar-refractivity contribution in [2.75, 3.05) is 11.9 Å². The average Bonchev–Trinajstić information content (AvgIpc) is 2.53. The van der Waals surface area contributed by atoms with Crippen molar-refractivity contribution in [2.45, 2.75) is 6.18 Å². The van der Waals surface area contributed by atoms with Crippen molar-refractivity contribution in [2.24, 2.45) is 0 Å². The van der Waals surface area contributed by atoms with Crippen molar-refractivity contribution in [3.05, 3.63) is 64.1 Å². The molecule has 0 aromatic heterocycles. The van der Waals surface area contributed by atoms with E-state index in [4.69, 9.17) is 4.74 Å². The topological polar surface area (TPSA) is 55.4 Å². The molecular weight excluding hydrogens is 391 g/mol. The maximum Gasteiger partial charge on any atom is 0.416 e. The molecular formula is C16H11BrF3NO3. The van der Waals surface area contributed by atoms with Gasteiger partial charge in [0.15, 0.2) is 6.61 Å². The lowest BCUT2D eigenvalue weighted by molar-refractivity contribution is -0.137. The van der Waals surface area contributed by atoms with Crippen molar-refractivity contribution in [3.8, 4) is 0 Å². The van der Waals surface area contributed by atoms with E-state index in [1.165, 1.54) is 24.3 Å². The standard InChI is InChI=1S/C16H11BrF3NO3/c17-12-6-4-10(5-7-12)15(23)24-9-14(22)21-13-3-1-2-11(8-13)16(18,19)20/h1-8H,9H2,(H,21,22). The van der Waals surface area contributed by atoms with Crippen LogP contribution in [0, 0.1) is 0 Å². The summed E-state index contributed by atoms with van der Waals surface area (Å²) in [6, 6.07) is 10.5. The van der Waals surface area contributed by atoms with Gasteiger partial charge in [0.25, 0.3) is 5.91 Å². The lowest BCUT2D eigenvalue weighted by Crippen LogP contribution is -2.21. The quantitative estimate of drug-likeness (QED) is 0.778. The molecule has 0 bridgehead atoms. The highest BCUT2D eigenvalue weighted by Gasteiger charge is 2.30. The highest BCUT2D eigenvalue weighted by Crippen LogP contribution is 2.30. The third-order valence-corrected chi connectivity index (χ3v) is 3.42. The van der Waals surface area contributed by atoms with Crippen molar-refractivity contribution in [1.82, 2.24) is 0 Å². The number of benzene rings is 2. The van der Waals surface area contributed by atoms with Crippen molar-refractivity contribution in [1.29, 1.82) is 0 Å². The van der Waals surface area contributed by atoms with E-state index in [1.807, 2.05) is 0 Å². The molecule has 0 heterocycles. The van der Waals surface area contributed by atoms with Crippen LogP contribution < -0.4 is 5.32 Å². The van der Waals surface area contributed by atoms with Gasteiger partial charge < -0.3 is 10.1 Å². The molecule has 0 radical (unpaired) electrons. The molecule has 126 valence electrons. The SMILES string of the molecule is O=C(COC(=O)c1ccc(Br)cc1)Nc1cccc(C(F)(F)F)c1. The lowest BCUT2D eigenvalue weighted by Gasteiger charge is -2.10. The van der Waals surface area contributed by atoms with Gasteiger partial charge in [-0.3, -0.25) is 4.79 Å². The predicted octanol–water partition coefficient (Wildman–Crippen LogP) is 4.26. The van der Waals surface area contributed by atoms with Gasteiger partial charge >= 0.3 is 12.1 Å². The molecule has 24 heavy (non-hydrogen) atoms. The Labute approximate surface area is 143 Å². The van der Waals surface area contributed by atoms with Gasteiger partial charge in [-0.05, 0) is 42.5 Å². The zero-order chi connectivity index (χ0) is 17.7. The van der Waals surface area contributed by atoms with Crippen LogP contribution in [0.1, 0.15) is 15.9 Å². The van der Waals surface area contributed by atoms with Gasteiger partial charge in [0.1, 0.15) is 0 Å². The molecule has 0 spiro atoms. The number of rotatable bonds is 4. The Hall–Kier alpha value is -2.35. The Bertz CT molecular complexity index is 745. The Kier molecular flexibility index (Phi) is 5.61. The number of esters is 1. The number of halogens is 4. The van der Waals surface area contributed by atoms with Gasteiger partial charge in [-0.15, -0.1) is 0 Å². The van der Waals surface area contributed by atoms with E-state index < -0.39 is 30.2 Å². The van der Waals surface area contributed by atoms with E-state index in [0.717, 1.165) is 16.6 Å². The number of ether oxygens (including phenoxy) is 1. The number of anilines is 1. The maximum atomic E-state index is 12.6. The van der Waals surface area contributed by atoms with E-state index in [2.05, 4.69) is 21.2 Å². The van der Waals surface area contributed by atoms with E-state index in [1.54, 1.807) is 12.1 Å². The molecule has 1 N–H and O–H groups in total. The average molecular weight is 402 g/mol. The Morgan fingerprint density at radius 3 is 2.38 bits per heavy atom. The molecule has 0 saturated heterocycles. The van der Waals surface area contributed by atoms with Gasteiger partial charge in [-0.1, -0.05) is 22.0 Å². The maximum absolute atomic E-state index is 12.6. The number of alkyl halides is 3. The third kappa shape index (κ3) is 5.09. The van der Waals surface area contributed by atoms with Gasteiger partial charge in [-0.25, -0.2) is 4.79 Å². The van der Waals surface area contributed by atoms with Crippen LogP contribution in [-0.4, -0.2) is 18.5 Å². The predicted molar refractivity (Wildman–Crippen MR) is 84.5 cm³/mol. The summed E-state index contributed by atoms with van der Waals surface area (Å²) in [6.45, 7) is -0.606. The summed E-state index contributed by atoms with van der Waals surface area (Å²) < 4.78 is 43.4. The van der Waals surface area contributed by atoms with Gasteiger partial charge in [0.05, 0.1) is 11.1 Å². The zero-order valence-corrected chi connectivity index (χ0v) is 13.6. The highest BCUT2D eigenvalue weighted by molar-refractivity contribution is 9.10. The number of amides is 1. The zero-order valence-electron chi connectivity index (χ0n) is 12.1. The van der Waals surface area contributed by atoms with Crippen molar-refractivity contribution >= 4 is 33.5 Å². The first-order valence-electron chi connectivity index (χ1n) is 6.65. The van der Waals surface area contributed by atoms with Crippen molar-refractivity contribution < 1.29 is 27.5 Å². The second-order valence-corrected chi connectivity index (χ2v) is 5.63. The molecule has 0 saturated carbocycles. The normalized spacial score (nSPS) is 11.0. The monoisotopic (exact) mass is 401 g/mol. The molecule has 0 aliphatic carbocycles. The van der Waals surface area contributed by atoms with Crippen LogP contribution >= 0.6 is 15.9 Å². The third-order valence-electron chi connectivity index (χ3n) is 2.89. The van der Waals surface area contributed by atoms with E-state index in [9.17, 15) is 22.8 Å². The fraction of sp³-hybridized carbons (Fsp3) is 0.125. The lowest BCUT2D eigenvalue weighted by atomic mass is 10.2. The van der Waals surface area contributed by atoms with Crippen LogP contribution in [0.4, 0.5) is 18.9 Å². The minimum atomic E-state index is -4.51. The van der Waals surface area contributed by atoms with Gasteiger partial charge in [0, 0.05) is 10.2 Å². The van der Waals surface area contributed by atoms with Crippen LogP contribution in [-0.2, 0) is 15.7 Å². The summed E-state index contributed by atoms with van der Waals surface area (Å²) in [6.07, 6.45) is -4.51. The van der Waals surface area contributed by atoms with Gasteiger partial charge in [-0.2, -0.15) is 13.2 Å². The number of carbonyl (C=O) groups excluding carboxylic acids is 2. The molecule has 2 aromatic carbocycles. The highest BCUT2D eigenvalue weighted by atomic mass is 79.9. The molecule has 8 heteroatoms. The summed E-state index contributed by atoms with van der Waals surface area (Å²) >= 11 is 3.22. The summed E-state index contributed by atoms with van der Waals surface area (Å²) in [5.41, 5.74) is -0.660. The minimum absolute atomic E-state index is 0.0329. The number of nitrogens with one attached hydrogen (secondary N) is 1. The first-order chi connectivity index (χ1) is 11.3. The molecule has 0 aliphatic heterocycles. The fourth-order valence-electron chi connectivity index (χ4n) is 1.77. The summed E-state index contributed by atoms with van der Waals surface area (Å²) in [5.74, 6) is -1.44. The second-order valence-electron chi connectivity index (χ2n) is 4.71. The molecule has 1 amide bonds. The van der Waals surface area contributed by atoms with E-state index in [0.29, 0.717) is 0 Å². The largest absolute Gasteiger partial charge is 0.452 e. The molecule has 0 fully saturated rings. The molecule has 0 aliphatic rings. The number of hydrogen-bond donors (Lipinski definition) is 1. The van der Waals surface area contributed by atoms with Crippen molar-refractivity contribution in [3.63, 3.8) is 0 Å². The Morgan fingerprint density at radius 1 is 1.08 bits per heavy atom. The minimum Gasteiger partial charge on any atom is -0.452 e. The first-order valence-corrected chi connectivity index (χ1v) is 7.45. The van der Waals surface area contributed by atoms with E-state index in [-0.39, 0.29) is 11.3 Å². The fourth-order valence-corrected chi connectivity index (χ4v) is 2.04. The number of carbonyl (C=O) groups is 2. The van der Waals surface area contributed by atoms with Crippen LogP contribution in [0.15, 0.2) is 53.0 Å². The summed E-state index contributed by atoms with van der Waals surface area (Å²) in [7, 11) is 0. The van der Waals surface area contributed by atoms with Gasteiger partial charge in [0.2, 0.25) is 0 Å². The Morgan fingerprint density at radius 2 is 1.75 bits per heavy atom. The second kappa shape index (κ2) is 7.48. The van der Waals surface area contributed by atoms with Crippen LogP contribution in [0.5, 0.6) is 0 Å². The van der Waals surface area contributed by atoms with E-state index >= 15 is 0 Å². The van der Waals surface area contributed by atoms with Crippen LogP contribution in [0.25, 0.3) is 0 Å². The smallest absolute Gasteiger partial charge is 0.416 e. The summed E-state index contributed by atoms with van der Waals surface area (Å²) in [4.78, 5) is 23.4. The molecule has 0 unspecified atom stereocenters. The first kappa shape index (κ1) is 18.0. The molecule has 2 rings (SSSR count). The van der Waals surface area contributed by atoms with Crippen LogP contribution in [0.2, 0.25) is 0 Å². The molecule has 0 atom stereocenters. The summed E-state index contributed by atoms with van der Waals surface area (Å²) in [5, 5.41) is 2.25. The molecule has 2 aromatic rings. The van der Waals surface area contributed by atoms with Crippen LogP contribution in [0.3, 0.4) is 0 Å².